The van der Waals surface area contributed by atoms with Crippen molar-refractivity contribution in [1.29, 1.82) is 0 Å². The van der Waals surface area contributed by atoms with Gasteiger partial charge in [0.25, 0.3) is 0 Å². The van der Waals surface area contributed by atoms with Crippen LogP contribution in [0.3, 0.4) is 0 Å². The van der Waals surface area contributed by atoms with Gasteiger partial charge in [0.2, 0.25) is 0 Å². The second kappa shape index (κ2) is 4.53. The van der Waals surface area contributed by atoms with Crippen molar-refractivity contribution in [2.45, 2.75) is 6.92 Å². The first kappa shape index (κ1) is 11.0. The van der Waals surface area contributed by atoms with Crippen LogP contribution in [0.15, 0.2) is 41.0 Å². The third-order valence-electron chi connectivity index (χ3n) is 2.19. The van der Waals surface area contributed by atoms with Crippen LogP contribution in [-0.4, -0.2) is 4.98 Å². The van der Waals surface area contributed by atoms with E-state index < -0.39 is 0 Å². The summed E-state index contributed by atoms with van der Waals surface area (Å²) < 4.78 is 1.02. The molecule has 0 saturated carbocycles. The van der Waals surface area contributed by atoms with E-state index in [0.717, 1.165) is 15.8 Å². The van der Waals surface area contributed by atoms with Gasteiger partial charge in [-0.05, 0) is 52.7 Å². The fourth-order valence-corrected chi connectivity index (χ4v) is 1.72. The Morgan fingerprint density at radius 1 is 1.25 bits per heavy atom. The molecule has 0 bridgehead atoms. The Hall–Kier alpha value is -1.55. The molecule has 0 unspecified atom stereocenters. The maximum absolute atomic E-state index is 5.53. The van der Waals surface area contributed by atoms with Crippen LogP contribution in [0.2, 0.25) is 0 Å². The number of aryl methyl sites for hydroxylation is 1. The molecule has 0 fully saturated rings. The molecule has 16 heavy (non-hydrogen) atoms. The van der Waals surface area contributed by atoms with Crippen molar-refractivity contribution < 1.29 is 0 Å². The quantitative estimate of drug-likeness (QED) is 0.884. The summed E-state index contributed by atoms with van der Waals surface area (Å²) in [4.78, 5) is 4.03. The number of pyridine rings is 1. The van der Waals surface area contributed by atoms with E-state index in [1.165, 1.54) is 5.56 Å². The Morgan fingerprint density at radius 3 is 2.75 bits per heavy atom. The van der Waals surface area contributed by atoms with E-state index >= 15 is 0 Å². The fraction of sp³-hybridized carbons (Fsp3) is 0.0833. The van der Waals surface area contributed by atoms with Crippen LogP contribution in [-0.2, 0) is 0 Å². The highest BCUT2D eigenvalue weighted by atomic mass is 79.9. The largest absolute Gasteiger partial charge is 0.384 e. The van der Waals surface area contributed by atoms with Crippen LogP contribution in [0, 0.1) is 6.92 Å². The minimum Gasteiger partial charge on any atom is -0.384 e. The molecule has 3 nitrogen and oxygen atoms in total. The molecular weight excluding hydrogens is 266 g/mol. The molecule has 1 heterocycles. The smallest absolute Gasteiger partial charge is 0.123 e. The van der Waals surface area contributed by atoms with Crippen LogP contribution in [0.25, 0.3) is 0 Å². The molecule has 0 aliphatic carbocycles. The third kappa shape index (κ3) is 2.52. The highest BCUT2D eigenvalue weighted by Crippen LogP contribution is 2.26. The predicted octanol–water partition coefficient (Wildman–Crippen LogP) is 3.48. The van der Waals surface area contributed by atoms with Gasteiger partial charge in [-0.25, -0.2) is 4.98 Å². The number of benzene rings is 1. The molecule has 0 saturated heterocycles. The van der Waals surface area contributed by atoms with E-state index in [1.807, 2.05) is 12.1 Å². The molecule has 0 atom stereocenters. The molecule has 0 radical (unpaired) electrons. The van der Waals surface area contributed by atoms with Gasteiger partial charge in [0.05, 0.1) is 17.6 Å². The Labute approximate surface area is 103 Å². The number of rotatable bonds is 2. The number of hydrogen-bond donors (Lipinski definition) is 2. The summed E-state index contributed by atoms with van der Waals surface area (Å²) in [6, 6.07) is 9.81. The van der Waals surface area contributed by atoms with Gasteiger partial charge >= 0.3 is 0 Å². The maximum atomic E-state index is 5.53. The van der Waals surface area contributed by atoms with Gasteiger partial charge in [-0.1, -0.05) is 6.07 Å². The van der Waals surface area contributed by atoms with Crippen molar-refractivity contribution in [2.75, 3.05) is 11.1 Å². The molecule has 4 heteroatoms. The van der Waals surface area contributed by atoms with E-state index in [9.17, 15) is 0 Å². The van der Waals surface area contributed by atoms with Crippen molar-refractivity contribution in [3.8, 4) is 0 Å². The summed E-state index contributed by atoms with van der Waals surface area (Å²) in [5.74, 6) is 0.522. The maximum Gasteiger partial charge on any atom is 0.123 e. The molecule has 2 rings (SSSR count). The molecule has 0 spiro atoms. The predicted molar refractivity (Wildman–Crippen MR) is 70.8 cm³/mol. The molecule has 3 N–H and O–H groups in total. The van der Waals surface area contributed by atoms with E-state index in [2.05, 4.69) is 45.3 Å². The van der Waals surface area contributed by atoms with Crippen LogP contribution in [0.4, 0.5) is 17.2 Å². The Morgan fingerprint density at radius 2 is 2.06 bits per heavy atom. The highest BCUT2D eigenvalue weighted by molar-refractivity contribution is 9.10. The van der Waals surface area contributed by atoms with Gasteiger partial charge in [0, 0.05) is 4.47 Å². The second-order valence-corrected chi connectivity index (χ2v) is 4.43. The van der Waals surface area contributed by atoms with Crippen LogP contribution in [0.5, 0.6) is 0 Å². The van der Waals surface area contributed by atoms with Gasteiger partial charge < -0.3 is 11.1 Å². The van der Waals surface area contributed by atoms with Crippen molar-refractivity contribution >= 4 is 33.1 Å². The lowest BCUT2D eigenvalue weighted by Crippen LogP contribution is -1.94. The van der Waals surface area contributed by atoms with Crippen LogP contribution in [0.1, 0.15) is 5.56 Å². The molecule has 0 aliphatic heterocycles. The zero-order valence-electron chi connectivity index (χ0n) is 8.87. The van der Waals surface area contributed by atoms with Crippen LogP contribution >= 0.6 is 15.9 Å². The number of hydrogen-bond acceptors (Lipinski definition) is 3. The van der Waals surface area contributed by atoms with Crippen molar-refractivity contribution in [3.05, 3.63) is 46.6 Å². The summed E-state index contributed by atoms with van der Waals surface area (Å²) in [6.07, 6.45) is 1.71. The number of nitrogens with zero attached hydrogens (tertiary/aromatic N) is 1. The molecule has 0 aliphatic rings. The fourth-order valence-electron chi connectivity index (χ4n) is 1.37. The van der Waals surface area contributed by atoms with Crippen LogP contribution < -0.4 is 11.1 Å². The summed E-state index contributed by atoms with van der Waals surface area (Å²) in [6.45, 7) is 2.05. The minimum atomic E-state index is 0.522. The van der Waals surface area contributed by atoms with Gasteiger partial charge in [0.1, 0.15) is 5.82 Å². The lowest BCUT2D eigenvalue weighted by Gasteiger charge is -2.09. The number of halogens is 1. The third-order valence-corrected chi connectivity index (χ3v) is 2.88. The van der Waals surface area contributed by atoms with Gasteiger partial charge in [-0.2, -0.15) is 0 Å². The number of aromatic nitrogens is 1. The van der Waals surface area contributed by atoms with E-state index in [0.29, 0.717) is 5.82 Å². The molecule has 0 amide bonds. The monoisotopic (exact) mass is 277 g/mol. The first-order chi connectivity index (χ1) is 7.65. The average Bonchev–Trinajstić information content (AvgIpc) is 2.27. The highest BCUT2D eigenvalue weighted by Gasteiger charge is 2.00. The zero-order valence-corrected chi connectivity index (χ0v) is 10.5. The van der Waals surface area contributed by atoms with Gasteiger partial charge in [-0.3, -0.25) is 0 Å². The lowest BCUT2D eigenvalue weighted by molar-refractivity contribution is 1.32. The molecule has 1 aromatic heterocycles. The number of nitrogens with one attached hydrogen (secondary N) is 1. The standard InChI is InChI=1S/C12H12BrN3/c1-8-2-4-10(13)11(6-8)16-9-3-5-12(14)15-7-9/h2-7,16H,1H3,(H2,14,15). The summed E-state index contributed by atoms with van der Waals surface area (Å²) >= 11 is 3.49. The second-order valence-electron chi connectivity index (χ2n) is 3.58. The van der Waals surface area contributed by atoms with Crippen molar-refractivity contribution in [1.82, 2.24) is 4.98 Å². The van der Waals surface area contributed by atoms with Crippen molar-refractivity contribution in [3.63, 3.8) is 0 Å². The SMILES string of the molecule is Cc1ccc(Br)c(Nc2ccc(N)nc2)c1. The Kier molecular flexibility index (Phi) is 3.10. The van der Waals surface area contributed by atoms with E-state index in [4.69, 9.17) is 5.73 Å². The van der Waals surface area contributed by atoms with E-state index in [1.54, 1.807) is 12.3 Å². The minimum absolute atomic E-state index is 0.522. The molecular formula is C12H12BrN3. The normalized spacial score (nSPS) is 10.1. The molecule has 2 aromatic rings. The summed E-state index contributed by atoms with van der Waals surface area (Å²) in [7, 11) is 0. The first-order valence-corrected chi connectivity index (χ1v) is 5.69. The lowest BCUT2D eigenvalue weighted by atomic mass is 10.2. The summed E-state index contributed by atoms with van der Waals surface area (Å²) in [5.41, 5.74) is 8.67. The molecule has 1 aromatic carbocycles. The Bertz CT molecular complexity index is 494. The van der Waals surface area contributed by atoms with Gasteiger partial charge in [0.15, 0.2) is 0 Å². The number of anilines is 3. The first-order valence-electron chi connectivity index (χ1n) is 4.90. The summed E-state index contributed by atoms with van der Waals surface area (Å²) in [5, 5.41) is 3.28. The number of nitrogen functional groups attached to an aromatic ring is 1. The average molecular weight is 278 g/mol. The van der Waals surface area contributed by atoms with Gasteiger partial charge in [-0.15, -0.1) is 0 Å². The Balaban J connectivity index is 2.26. The van der Waals surface area contributed by atoms with Crippen molar-refractivity contribution in [2.24, 2.45) is 0 Å². The van der Waals surface area contributed by atoms with E-state index in [-0.39, 0.29) is 0 Å². The zero-order chi connectivity index (χ0) is 11.5. The number of nitrogens with two attached hydrogens (primary N) is 1. The molecule has 82 valence electrons. The topological polar surface area (TPSA) is 50.9 Å².